The largest absolute Gasteiger partial charge is 0.192 e. The van der Waals surface area contributed by atoms with Crippen molar-refractivity contribution >= 4 is 5.57 Å². The number of hydrogen-bond acceptors (Lipinski definition) is 1. The van der Waals surface area contributed by atoms with Crippen molar-refractivity contribution in [1.82, 2.24) is 0 Å². The summed E-state index contributed by atoms with van der Waals surface area (Å²) in [5.41, 5.74) is 4.22. The molecule has 0 aliphatic rings. The van der Waals surface area contributed by atoms with Gasteiger partial charge in [0.25, 0.3) is 0 Å². The summed E-state index contributed by atoms with van der Waals surface area (Å²) in [5.74, 6) is 0. The molecule has 0 unspecified atom stereocenters. The van der Waals surface area contributed by atoms with Crippen molar-refractivity contribution in [2.24, 2.45) is 0 Å². The molecule has 0 fully saturated rings. The van der Waals surface area contributed by atoms with Gasteiger partial charge in [-0.15, -0.1) is 0 Å². The van der Waals surface area contributed by atoms with Crippen LogP contribution in [0.4, 0.5) is 0 Å². The van der Waals surface area contributed by atoms with E-state index in [9.17, 15) is 0 Å². The van der Waals surface area contributed by atoms with Crippen molar-refractivity contribution in [3.8, 4) is 6.07 Å². The number of benzene rings is 1. The molecule has 0 atom stereocenters. The Morgan fingerprint density at radius 1 is 1.50 bits per heavy atom. The Bertz CT molecular complexity index is 383. The molecule has 1 aromatic rings. The quantitative estimate of drug-likeness (QED) is 0.706. The second-order valence-corrected chi connectivity index (χ2v) is 3.51. The topological polar surface area (TPSA) is 23.8 Å². The van der Waals surface area contributed by atoms with Gasteiger partial charge in [0.1, 0.15) is 0 Å². The molecule has 0 bridgehead atoms. The zero-order chi connectivity index (χ0) is 10.6. The summed E-state index contributed by atoms with van der Waals surface area (Å²) in [6.07, 6.45) is 2.10. The normalized spacial score (nSPS) is 9.50. The van der Waals surface area contributed by atoms with Gasteiger partial charge in [0.2, 0.25) is 0 Å². The standard InChI is InChI=1S/C13H15N/c1-4-5-12-8-11(9-14)6-7-13(12)10(2)3/h6-8H,2,4-5H2,1,3H3. The second kappa shape index (κ2) is 4.62. The lowest BCUT2D eigenvalue weighted by Crippen LogP contribution is -1.92. The molecule has 0 saturated heterocycles. The van der Waals surface area contributed by atoms with E-state index < -0.39 is 0 Å². The number of allylic oxidation sites excluding steroid dienone is 1. The molecule has 1 nitrogen and oxygen atoms in total. The third-order valence-electron chi connectivity index (χ3n) is 2.21. The maximum absolute atomic E-state index is 8.79. The van der Waals surface area contributed by atoms with Crippen molar-refractivity contribution in [2.45, 2.75) is 26.7 Å². The summed E-state index contributed by atoms with van der Waals surface area (Å²) >= 11 is 0. The van der Waals surface area contributed by atoms with Gasteiger partial charge in [-0.25, -0.2) is 0 Å². The predicted octanol–water partition coefficient (Wildman–Crippen LogP) is 3.54. The van der Waals surface area contributed by atoms with Crippen LogP contribution < -0.4 is 0 Å². The molecule has 72 valence electrons. The fourth-order valence-electron chi connectivity index (χ4n) is 1.56. The summed E-state index contributed by atoms with van der Waals surface area (Å²) in [6, 6.07) is 7.97. The third-order valence-corrected chi connectivity index (χ3v) is 2.21. The number of rotatable bonds is 3. The van der Waals surface area contributed by atoms with E-state index in [4.69, 9.17) is 5.26 Å². The average molecular weight is 185 g/mol. The molecule has 0 heterocycles. The molecule has 1 heteroatoms. The molecule has 1 rings (SSSR count). The van der Waals surface area contributed by atoms with Crippen LogP contribution in [0.25, 0.3) is 5.57 Å². The minimum atomic E-state index is 0.735. The lowest BCUT2D eigenvalue weighted by atomic mass is 9.96. The van der Waals surface area contributed by atoms with E-state index in [0.717, 1.165) is 24.0 Å². The average Bonchev–Trinajstić information content (AvgIpc) is 2.17. The van der Waals surface area contributed by atoms with Gasteiger partial charge >= 0.3 is 0 Å². The van der Waals surface area contributed by atoms with Gasteiger partial charge < -0.3 is 0 Å². The number of nitrogens with zero attached hydrogens (tertiary/aromatic N) is 1. The van der Waals surface area contributed by atoms with Crippen molar-refractivity contribution < 1.29 is 0 Å². The molecule has 0 aliphatic heterocycles. The summed E-state index contributed by atoms with van der Waals surface area (Å²) in [7, 11) is 0. The first kappa shape index (κ1) is 10.5. The highest BCUT2D eigenvalue weighted by atomic mass is 14.2. The van der Waals surface area contributed by atoms with Gasteiger partial charge in [0.05, 0.1) is 11.6 Å². The highest BCUT2D eigenvalue weighted by molar-refractivity contribution is 5.65. The molecular weight excluding hydrogens is 170 g/mol. The Morgan fingerprint density at radius 3 is 2.71 bits per heavy atom. The Labute approximate surface area is 85.7 Å². The smallest absolute Gasteiger partial charge is 0.0991 e. The molecule has 0 amide bonds. The van der Waals surface area contributed by atoms with Gasteiger partial charge in [-0.05, 0) is 36.6 Å². The summed E-state index contributed by atoms with van der Waals surface area (Å²) in [5, 5.41) is 8.79. The highest BCUT2D eigenvalue weighted by Crippen LogP contribution is 2.20. The Morgan fingerprint density at radius 2 is 2.21 bits per heavy atom. The second-order valence-electron chi connectivity index (χ2n) is 3.51. The van der Waals surface area contributed by atoms with E-state index >= 15 is 0 Å². The van der Waals surface area contributed by atoms with Crippen molar-refractivity contribution in [2.75, 3.05) is 0 Å². The van der Waals surface area contributed by atoms with Crippen LogP contribution in [0, 0.1) is 11.3 Å². The van der Waals surface area contributed by atoms with Crippen LogP contribution >= 0.6 is 0 Å². The van der Waals surface area contributed by atoms with Crippen molar-refractivity contribution in [3.63, 3.8) is 0 Å². The van der Waals surface area contributed by atoms with Gasteiger partial charge in [0.15, 0.2) is 0 Å². The van der Waals surface area contributed by atoms with E-state index in [-0.39, 0.29) is 0 Å². The number of nitriles is 1. The van der Waals surface area contributed by atoms with E-state index in [1.165, 1.54) is 11.1 Å². The summed E-state index contributed by atoms with van der Waals surface area (Å²) in [6.45, 7) is 8.08. The summed E-state index contributed by atoms with van der Waals surface area (Å²) < 4.78 is 0. The first-order chi connectivity index (χ1) is 6.69. The zero-order valence-corrected chi connectivity index (χ0v) is 8.80. The molecule has 0 aromatic heterocycles. The first-order valence-electron chi connectivity index (χ1n) is 4.88. The van der Waals surface area contributed by atoms with Gasteiger partial charge in [-0.2, -0.15) is 5.26 Å². The fraction of sp³-hybridized carbons (Fsp3) is 0.308. The van der Waals surface area contributed by atoms with Crippen LogP contribution in [0.15, 0.2) is 24.8 Å². The molecular formula is C13H15N. The predicted molar refractivity (Wildman–Crippen MR) is 59.9 cm³/mol. The number of aryl methyl sites for hydroxylation is 1. The van der Waals surface area contributed by atoms with Crippen LogP contribution in [0.5, 0.6) is 0 Å². The van der Waals surface area contributed by atoms with E-state index in [1.54, 1.807) is 0 Å². The summed E-state index contributed by atoms with van der Waals surface area (Å²) in [4.78, 5) is 0. The van der Waals surface area contributed by atoms with Gasteiger partial charge in [-0.3, -0.25) is 0 Å². The maximum Gasteiger partial charge on any atom is 0.0991 e. The Balaban J connectivity index is 3.18. The number of hydrogen-bond donors (Lipinski definition) is 0. The van der Waals surface area contributed by atoms with E-state index in [2.05, 4.69) is 19.6 Å². The van der Waals surface area contributed by atoms with Gasteiger partial charge in [0, 0.05) is 0 Å². The van der Waals surface area contributed by atoms with Crippen LogP contribution in [0.2, 0.25) is 0 Å². The van der Waals surface area contributed by atoms with Crippen molar-refractivity contribution in [3.05, 3.63) is 41.5 Å². The van der Waals surface area contributed by atoms with Crippen LogP contribution in [-0.2, 0) is 6.42 Å². The molecule has 0 radical (unpaired) electrons. The monoisotopic (exact) mass is 185 g/mol. The van der Waals surface area contributed by atoms with Gasteiger partial charge in [-0.1, -0.05) is 31.6 Å². The van der Waals surface area contributed by atoms with Crippen LogP contribution in [0.1, 0.15) is 37.0 Å². The Hall–Kier alpha value is -1.55. The molecule has 1 aromatic carbocycles. The highest BCUT2D eigenvalue weighted by Gasteiger charge is 2.03. The molecule has 0 saturated carbocycles. The first-order valence-corrected chi connectivity index (χ1v) is 4.88. The van der Waals surface area contributed by atoms with Crippen molar-refractivity contribution in [1.29, 1.82) is 5.26 Å². The Kier molecular flexibility index (Phi) is 3.48. The lowest BCUT2D eigenvalue weighted by Gasteiger charge is -2.08. The maximum atomic E-state index is 8.79. The fourth-order valence-corrected chi connectivity index (χ4v) is 1.56. The molecule has 0 N–H and O–H groups in total. The van der Waals surface area contributed by atoms with Crippen LogP contribution in [-0.4, -0.2) is 0 Å². The van der Waals surface area contributed by atoms with Crippen LogP contribution in [0.3, 0.4) is 0 Å². The molecule has 14 heavy (non-hydrogen) atoms. The molecule has 0 aliphatic carbocycles. The zero-order valence-electron chi connectivity index (χ0n) is 8.80. The van der Waals surface area contributed by atoms with E-state index in [1.807, 2.05) is 25.1 Å². The van der Waals surface area contributed by atoms with E-state index in [0.29, 0.717) is 0 Å². The minimum Gasteiger partial charge on any atom is -0.192 e. The lowest BCUT2D eigenvalue weighted by molar-refractivity contribution is 0.917. The third kappa shape index (κ3) is 2.23. The SMILES string of the molecule is C=C(C)c1ccc(C#N)cc1CCC. The molecule has 0 spiro atoms. The minimum absolute atomic E-state index is 0.735.